The lowest BCUT2D eigenvalue weighted by atomic mass is 10.2. The van der Waals surface area contributed by atoms with Gasteiger partial charge in [-0.15, -0.1) is 0 Å². The summed E-state index contributed by atoms with van der Waals surface area (Å²) in [6.45, 7) is 6.21. The highest BCUT2D eigenvalue weighted by molar-refractivity contribution is 5.51. The van der Waals surface area contributed by atoms with Crippen molar-refractivity contribution in [1.29, 1.82) is 0 Å². The number of nitrogens with one attached hydrogen (secondary N) is 1. The van der Waals surface area contributed by atoms with Gasteiger partial charge >= 0.3 is 6.18 Å². The summed E-state index contributed by atoms with van der Waals surface area (Å²) in [6, 6.07) is 2.23. The van der Waals surface area contributed by atoms with Crippen LogP contribution in [0, 0.1) is 5.92 Å². The Kier molecular flexibility index (Phi) is 4.40. The number of hydrogen-bond donors (Lipinski definition) is 1. The molecule has 1 N–H and O–H groups in total. The average molecular weight is 287 g/mol. The Morgan fingerprint density at radius 3 is 2.70 bits per heavy atom. The van der Waals surface area contributed by atoms with Crippen molar-refractivity contribution in [3.63, 3.8) is 0 Å². The third-order valence-electron chi connectivity index (χ3n) is 3.44. The van der Waals surface area contributed by atoms with Crippen molar-refractivity contribution < 1.29 is 13.2 Å². The lowest BCUT2D eigenvalue weighted by Gasteiger charge is -2.20. The molecule has 0 bridgehead atoms. The summed E-state index contributed by atoms with van der Waals surface area (Å²) >= 11 is 0. The van der Waals surface area contributed by atoms with Crippen LogP contribution in [0.2, 0.25) is 0 Å². The van der Waals surface area contributed by atoms with Crippen LogP contribution < -0.4 is 10.2 Å². The van der Waals surface area contributed by atoms with E-state index in [0.717, 1.165) is 38.1 Å². The van der Waals surface area contributed by atoms with Crippen LogP contribution in [0.25, 0.3) is 0 Å². The first-order valence-corrected chi connectivity index (χ1v) is 6.98. The third-order valence-corrected chi connectivity index (χ3v) is 3.44. The molecule has 0 spiro atoms. The molecule has 1 fully saturated rings. The summed E-state index contributed by atoms with van der Waals surface area (Å²) in [5.41, 5.74) is -0.638. The molecule has 1 aliphatic heterocycles. The van der Waals surface area contributed by atoms with Crippen LogP contribution in [-0.2, 0) is 6.18 Å². The second-order valence-corrected chi connectivity index (χ2v) is 5.36. The molecule has 2 heterocycles. The van der Waals surface area contributed by atoms with Crippen LogP contribution in [0.4, 0.5) is 24.8 Å². The van der Waals surface area contributed by atoms with Crippen LogP contribution >= 0.6 is 0 Å². The normalized spacial score (nSPS) is 19.4. The summed E-state index contributed by atoms with van der Waals surface area (Å²) in [5, 5.41) is 2.94. The summed E-state index contributed by atoms with van der Waals surface area (Å²) < 4.78 is 38.9. The van der Waals surface area contributed by atoms with Gasteiger partial charge in [0.05, 0.1) is 5.56 Å². The van der Waals surface area contributed by atoms with Gasteiger partial charge in [0.1, 0.15) is 11.6 Å². The maximum absolute atomic E-state index is 13.0. The highest BCUT2D eigenvalue weighted by Crippen LogP contribution is 2.34. The molecule has 1 aromatic rings. The van der Waals surface area contributed by atoms with E-state index in [-0.39, 0.29) is 0 Å². The van der Waals surface area contributed by atoms with Gasteiger partial charge in [-0.05, 0) is 30.9 Å². The number of rotatable bonds is 4. The van der Waals surface area contributed by atoms with Crippen LogP contribution in [0.5, 0.6) is 0 Å². The number of hydrogen-bond acceptors (Lipinski definition) is 3. The van der Waals surface area contributed by atoms with E-state index in [0.29, 0.717) is 24.1 Å². The first-order valence-electron chi connectivity index (χ1n) is 6.98. The third kappa shape index (κ3) is 3.55. The van der Waals surface area contributed by atoms with Crippen molar-refractivity contribution in [2.75, 3.05) is 29.9 Å². The molecular formula is C14H20F3N3. The van der Waals surface area contributed by atoms with Gasteiger partial charge in [0.2, 0.25) is 0 Å². The van der Waals surface area contributed by atoms with Crippen molar-refractivity contribution in [2.45, 2.75) is 32.9 Å². The van der Waals surface area contributed by atoms with Gasteiger partial charge in [-0.1, -0.05) is 13.8 Å². The van der Waals surface area contributed by atoms with Crippen molar-refractivity contribution in [2.24, 2.45) is 5.92 Å². The minimum atomic E-state index is -4.34. The largest absolute Gasteiger partial charge is 0.416 e. The molecule has 112 valence electrons. The lowest BCUT2D eigenvalue weighted by molar-refractivity contribution is -0.137. The van der Waals surface area contributed by atoms with Gasteiger partial charge in [-0.3, -0.25) is 0 Å². The molecule has 0 amide bonds. The quantitative estimate of drug-likeness (QED) is 0.913. The van der Waals surface area contributed by atoms with Crippen LogP contribution in [-0.4, -0.2) is 24.6 Å². The fourth-order valence-corrected chi connectivity index (χ4v) is 2.33. The SMILES string of the molecule is CCCNc1cc(C(F)(F)F)cc(N2CCC(C)C2)n1. The number of nitrogens with zero attached hydrogens (tertiary/aromatic N) is 2. The molecule has 1 unspecified atom stereocenters. The summed E-state index contributed by atoms with van der Waals surface area (Å²) in [4.78, 5) is 6.24. The van der Waals surface area contributed by atoms with Crippen molar-refractivity contribution in [1.82, 2.24) is 4.98 Å². The summed E-state index contributed by atoms with van der Waals surface area (Å²) in [6.07, 6.45) is -2.50. The number of halogens is 3. The average Bonchev–Trinajstić information content (AvgIpc) is 2.82. The van der Waals surface area contributed by atoms with Crippen LogP contribution in [0.3, 0.4) is 0 Å². The topological polar surface area (TPSA) is 28.2 Å². The van der Waals surface area contributed by atoms with E-state index in [9.17, 15) is 13.2 Å². The molecule has 0 aliphatic carbocycles. The lowest BCUT2D eigenvalue weighted by Crippen LogP contribution is -2.22. The maximum atomic E-state index is 13.0. The Morgan fingerprint density at radius 2 is 2.15 bits per heavy atom. The van der Waals surface area contributed by atoms with E-state index >= 15 is 0 Å². The number of aromatic nitrogens is 1. The first-order chi connectivity index (χ1) is 9.40. The molecule has 3 nitrogen and oxygen atoms in total. The fraction of sp³-hybridized carbons (Fsp3) is 0.643. The summed E-state index contributed by atoms with van der Waals surface area (Å²) in [7, 11) is 0. The molecule has 1 aromatic heterocycles. The number of anilines is 2. The Hall–Kier alpha value is -1.46. The van der Waals surface area contributed by atoms with E-state index < -0.39 is 11.7 Å². The Morgan fingerprint density at radius 1 is 1.40 bits per heavy atom. The number of alkyl halides is 3. The van der Waals surface area contributed by atoms with E-state index in [1.165, 1.54) is 0 Å². The standard InChI is InChI=1S/C14H20F3N3/c1-3-5-18-12-7-11(14(15,16)17)8-13(19-12)20-6-4-10(2)9-20/h7-8,10H,3-6,9H2,1-2H3,(H,18,19). The molecular weight excluding hydrogens is 267 g/mol. The zero-order chi connectivity index (χ0) is 14.8. The highest BCUT2D eigenvalue weighted by atomic mass is 19.4. The smallest absolute Gasteiger partial charge is 0.370 e. The minimum Gasteiger partial charge on any atom is -0.370 e. The van der Waals surface area contributed by atoms with E-state index in [4.69, 9.17) is 0 Å². The Labute approximate surface area is 117 Å². The second kappa shape index (κ2) is 5.89. The van der Waals surface area contributed by atoms with Gasteiger partial charge in [-0.2, -0.15) is 13.2 Å². The van der Waals surface area contributed by atoms with Crippen LogP contribution in [0.1, 0.15) is 32.3 Å². The highest BCUT2D eigenvalue weighted by Gasteiger charge is 2.32. The zero-order valence-corrected chi connectivity index (χ0v) is 11.8. The minimum absolute atomic E-state index is 0.302. The molecule has 0 aromatic carbocycles. The molecule has 20 heavy (non-hydrogen) atoms. The van der Waals surface area contributed by atoms with Crippen molar-refractivity contribution in [3.05, 3.63) is 17.7 Å². The van der Waals surface area contributed by atoms with Crippen molar-refractivity contribution in [3.8, 4) is 0 Å². The van der Waals surface area contributed by atoms with Gasteiger partial charge in [0.25, 0.3) is 0 Å². The zero-order valence-electron chi connectivity index (χ0n) is 11.8. The Bertz CT molecular complexity index is 459. The van der Waals surface area contributed by atoms with E-state index in [2.05, 4.69) is 17.2 Å². The van der Waals surface area contributed by atoms with Gasteiger partial charge in [0, 0.05) is 19.6 Å². The maximum Gasteiger partial charge on any atom is 0.416 e. The van der Waals surface area contributed by atoms with Crippen molar-refractivity contribution >= 4 is 11.6 Å². The van der Waals surface area contributed by atoms with Gasteiger partial charge in [0.15, 0.2) is 0 Å². The molecule has 1 aliphatic rings. The fourth-order valence-electron chi connectivity index (χ4n) is 2.33. The monoisotopic (exact) mass is 287 g/mol. The molecule has 2 rings (SSSR count). The number of pyridine rings is 1. The Balaban J connectivity index is 2.30. The predicted molar refractivity (Wildman–Crippen MR) is 74.0 cm³/mol. The summed E-state index contributed by atoms with van der Waals surface area (Å²) in [5.74, 6) is 1.22. The van der Waals surface area contributed by atoms with Gasteiger partial charge < -0.3 is 10.2 Å². The van der Waals surface area contributed by atoms with Gasteiger partial charge in [-0.25, -0.2) is 4.98 Å². The van der Waals surface area contributed by atoms with E-state index in [1.54, 1.807) is 0 Å². The van der Waals surface area contributed by atoms with E-state index in [1.807, 2.05) is 11.8 Å². The molecule has 1 saturated heterocycles. The molecule has 0 radical (unpaired) electrons. The molecule has 6 heteroatoms. The molecule has 1 atom stereocenters. The first kappa shape index (κ1) is 14.9. The molecule has 0 saturated carbocycles. The van der Waals surface area contributed by atoms with Crippen LogP contribution in [0.15, 0.2) is 12.1 Å². The second-order valence-electron chi connectivity index (χ2n) is 5.36. The predicted octanol–water partition coefficient (Wildman–Crippen LogP) is 3.77.